The number of nitrogens with zero attached hydrogens (tertiary/aromatic N) is 2. The normalized spacial score (nSPS) is 29.0. The molecule has 250 valence electrons. The summed E-state index contributed by atoms with van der Waals surface area (Å²) in [6, 6.07) is 22.6. The maximum absolute atomic E-state index is 13.5. The van der Waals surface area contributed by atoms with Crippen LogP contribution in [-0.4, -0.2) is 66.0 Å². The molecule has 0 radical (unpaired) electrons. The Labute approximate surface area is 289 Å². The molecular weight excluding hydrogens is 699 g/mol. The van der Waals surface area contributed by atoms with Crippen molar-refractivity contribution in [1.29, 1.82) is 10.5 Å². The lowest BCUT2D eigenvalue weighted by Gasteiger charge is -2.43. The molecule has 48 heavy (non-hydrogen) atoms. The molecule has 0 saturated carbocycles. The van der Waals surface area contributed by atoms with E-state index in [0.717, 1.165) is 14.2 Å². The molecule has 0 N–H and O–H groups in total. The minimum atomic E-state index is -3.82. The first-order valence-electron chi connectivity index (χ1n) is 14.7. The minimum absolute atomic E-state index is 0.293. The third kappa shape index (κ3) is 6.07. The van der Waals surface area contributed by atoms with Gasteiger partial charge in [0.15, 0.2) is 30.5 Å². The number of nitriles is 2. The van der Waals surface area contributed by atoms with E-state index in [2.05, 4.69) is 12.1 Å². The first-order chi connectivity index (χ1) is 22.7. The van der Waals surface area contributed by atoms with Gasteiger partial charge in [-0.05, 0) is 46.5 Å². The molecule has 14 heteroatoms. The summed E-state index contributed by atoms with van der Waals surface area (Å²) in [5.41, 5.74) is -2.53. The molecule has 0 aliphatic carbocycles. The van der Waals surface area contributed by atoms with Gasteiger partial charge in [-0.15, -0.1) is 0 Å². The standard InChI is InChI=1S/C34H30Cl2N2O8S2/c1-45-31(39)33(19-37)27(15-47(41,42)17-29(33)23-7-11-25(35)12-8-23)21-3-5-22(6-4-21)28-16-48(43,44)18-30(24-9-13-26(36)14-10-24)34(28,20-38)32(40)46-2/h3-14,27-30H,15-18H2,1-2H3. The van der Waals surface area contributed by atoms with Crippen LogP contribution in [0, 0.1) is 33.5 Å². The lowest BCUT2D eigenvalue weighted by atomic mass is 9.62. The Morgan fingerprint density at radius 1 is 0.583 bits per heavy atom. The van der Waals surface area contributed by atoms with Gasteiger partial charge in [-0.1, -0.05) is 71.7 Å². The van der Waals surface area contributed by atoms with E-state index in [4.69, 9.17) is 32.7 Å². The first kappa shape index (κ1) is 35.4. The number of benzene rings is 3. The van der Waals surface area contributed by atoms with Crippen molar-refractivity contribution in [2.24, 2.45) is 10.8 Å². The van der Waals surface area contributed by atoms with E-state index in [1.54, 1.807) is 48.5 Å². The van der Waals surface area contributed by atoms with Crippen LogP contribution in [0.15, 0.2) is 72.8 Å². The fraction of sp³-hybridized carbons (Fsp3) is 0.353. The second kappa shape index (κ2) is 13.2. The van der Waals surface area contributed by atoms with Gasteiger partial charge in [-0.3, -0.25) is 9.59 Å². The summed E-state index contributed by atoms with van der Waals surface area (Å²) in [5, 5.41) is 22.1. The number of halogens is 2. The second-order valence-corrected chi connectivity index (χ2v) is 17.3. The number of carbonyl (C=O) groups excluding carboxylic acids is 2. The molecule has 2 heterocycles. The number of esters is 2. The third-order valence-electron chi connectivity index (χ3n) is 9.58. The van der Waals surface area contributed by atoms with E-state index in [9.17, 15) is 36.9 Å². The zero-order valence-electron chi connectivity index (χ0n) is 25.8. The van der Waals surface area contributed by atoms with Gasteiger partial charge >= 0.3 is 11.9 Å². The van der Waals surface area contributed by atoms with Gasteiger partial charge < -0.3 is 9.47 Å². The van der Waals surface area contributed by atoms with Crippen molar-refractivity contribution in [1.82, 2.24) is 0 Å². The lowest BCUT2D eigenvalue weighted by Crippen LogP contribution is -2.51. The van der Waals surface area contributed by atoms with Crippen molar-refractivity contribution in [3.8, 4) is 12.1 Å². The molecule has 5 rings (SSSR count). The quantitative estimate of drug-likeness (QED) is 0.317. The van der Waals surface area contributed by atoms with E-state index >= 15 is 0 Å². The summed E-state index contributed by atoms with van der Waals surface area (Å²) in [6.45, 7) is 0. The summed E-state index contributed by atoms with van der Waals surface area (Å²) in [5.74, 6) is -8.47. The lowest BCUT2D eigenvalue weighted by molar-refractivity contribution is -0.152. The van der Waals surface area contributed by atoms with Crippen LogP contribution in [0.25, 0.3) is 0 Å². The fourth-order valence-corrected chi connectivity index (χ4v) is 11.6. The molecule has 2 aliphatic heterocycles. The van der Waals surface area contributed by atoms with Gasteiger partial charge in [-0.25, -0.2) is 16.8 Å². The molecule has 6 unspecified atom stereocenters. The van der Waals surface area contributed by atoms with Gasteiger partial charge in [0.1, 0.15) is 0 Å². The average molecular weight is 730 g/mol. The van der Waals surface area contributed by atoms with Gasteiger partial charge in [0.2, 0.25) is 0 Å². The predicted octanol–water partition coefficient (Wildman–Crippen LogP) is 4.95. The highest BCUT2D eigenvalue weighted by Crippen LogP contribution is 2.55. The van der Waals surface area contributed by atoms with Crippen LogP contribution >= 0.6 is 23.2 Å². The monoisotopic (exact) mass is 728 g/mol. The van der Waals surface area contributed by atoms with Crippen LogP contribution in [-0.2, 0) is 38.7 Å². The van der Waals surface area contributed by atoms with Crippen LogP contribution < -0.4 is 0 Å². The van der Waals surface area contributed by atoms with Crippen LogP contribution in [0.4, 0.5) is 0 Å². The van der Waals surface area contributed by atoms with Crippen molar-refractivity contribution in [3.63, 3.8) is 0 Å². The van der Waals surface area contributed by atoms with Crippen molar-refractivity contribution < 1.29 is 35.9 Å². The molecule has 0 aromatic heterocycles. The summed E-state index contributed by atoms with van der Waals surface area (Å²) in [4.78, 5) is 27.1. The number of hydrogen-bond donors (Lipinski definition) is 0. The first-order valence-corrected chi connectivity index (χ1v) is 19.1. The maximum atomic E-state index is 13.5. The summed E-state index contributed by atoms with van der Waals surface area (Å²) in [6.07, 6.45) is 0. The van der Waals surface area contributed by atoms with Gasteiger partial charge in [0.25, 0.3) is 0 Å². The highest BCUT2D eigenvalue weighted by atomic mass is 35.5. The molecule has 3 aromatic rings. The van der Waals surface area contributed by atoms with E-state index in [0.29, 0.717) is 32.3 Å². The largest absolute Gasteiger partial charge is 0.468 e. The molecule has 6 atom stereocenters. The molecule has 2 saturated heterocycles. The van der Waals surface area contributed by atoms with Crippen molar-refractivity contribution in [2.75, 3.05) is 37.2 Å². The molecule has 0 bridgehead atoms. The van der Waals surface area contributed by atoms with Gasteiger partial charge in [0, 0.05) is 33.7 Å². The minimum Gasteiger partial charge on any atom is -0.468 e. The highest BCUT2D eigenvalue weighted by molar-refractivity contribution is 7.91. The van der Waals surface area contributed by atoms with E-state index in [1.807, 2.05) is 0 Å². The Bertz CT molecular complexity index is 1890. The smallest absolute Gasteiger partial charge is 0.327 e. The van der Waals surface area contributed by atoms with E-state index in [-0.39, 0.29) is 0 Å². The van der Waals surface area contributed by atoms with Crippen LogP contribution in [0.2, 0.25) is 10.0 Å². The number of hydrogen-bond acceptors (Lipinski definition) is 10. The van der Waals surface area contributed by atoms with Crippen molar-refractivity contribution >= 4 is 54.8 Å². The Morgan fingerprint density at radius 3 is 1.02 bits per heavy atom. The van der Waals surface area contributed by atoms with Crippen LogP contribution in [0.5, 0.6) is 0 Å². The molecule has 0 amide bonds. The molecule has 0 spiro atoms. The zero-order chi connectivity index (χ0) is 35.1. The zero-order valence-corrected chi connectivity index (χ0v) is 28.9. The number of rotatable bonds is 6. The molecular formula is C34H30Cl2N2O8S2. The Balaban J connectivity index is 1.66. The van der Waals surface area contributed by atoms with Crippen LogP contribution in [0.1, 0.15) is 45.9 Å². The Hall–Kier alpha value is -3.94. The highest BCUT2D eigenvalue weighted by Gasteiger charge is 2.61. The van der Waals surface area contributed by atoms with E-state index < -0.39 is 89.1 Å². The Kier molecular flexibility index (Phi) is 9.70. The molecule has 2 fully saturated rings. The summed E-state index contributed by atoms with van der Waals surface area (Å²) >= 11 is 12.1. The maximum Gasteiger partial charge on any atom is 0.327 e. The SMILES string of the molecule is COC(=O)C1(C#N)C(c2ccc(Cl)cc2)CS(=O)(=O)CC1c1ccc(C2CS(=O)(=O)CC(c3ccc(Cl)cc3)C2(C#N)C(=O)OC)cc1. The van der Waals surface area contributed by atoms with Gasteiger partial charge in [0.05, 0.1) is 49.4 Å². The Morgan fingerprint density at radius 2 is 0.812 bits per heavy atom. The van der Waals surface area contributed by atoms with Crippen LogP contribution in [0.3, 0.4) is 0 Å². The van der Waals surface area contributed by atoms with Gasteiger partial charge in [-0.2, -0.15) is 10.5 Å². The van der Waals surface area contributed by atoms with Crippen molar-refractivity contribution in [3.05, 3.63) is 105 Å². The molecule has 2 aliphatic rings. The fourth-order valence-electron chi connectivity index (χ4n) is 7.26. The van der Waals surface area contributed by atoms with E-state index in [1.165, 1.54) is 24.3 Å². The molecule has 10 nitrogen and oxygen atoms in total. The number of carbonyl (C=O) groups is 2. The van der Waals surface area contributed by atoms with Crippen molar-refractivity contribution in [2.45, 2.75) is 23.7 Å². The second-order valence-electron chi connectivity index (χ2n) is 12.1. The average Bonchev–Trinajstić information content (AvgIpc) is 3.07. The molecule has 3 aromatic carbocycles. The topological polar surface area (TPSA) is 168 Å². The number of sulfone groups is 2. The summed E-state index contributed by atoms with van der Waals surface area (Å²) < 4.78 is 63.7. The number of methoxy groups -OCH3 is 2. The number of ether oxygens (including phenoxy) is 2. The summed E-state index contributed by atoms with van der Waals surface area (Å²) in [7, 11) is -5.39. The third-order valence-corrected chi connectivity index (χ3v) is 13.5. The predicted molar refractivity (Wildman–Crippen MR) is 178 cm³/mol.